The lowest BCUT2D eigenvalue weighted by Crippen LogP contribution is -2.16. The number of pyridine rings is 1. The van der Waals surface area contributed by atoms with Gasteiger partial charge in [0.15, 0.2) is 0 Å². The minimum absolute atomic E-state index is 0.122. The summed E-state index contributed by atoms with van der Waals surface area (Å²) in [5.74, 6) is 0.647. The minimum atomic E-state index is 0.122. The van der Waals surface area contributed by atoms with E-state index in [2.05, 4.69) is 20.5 Å². The number of ether oxygens (including phenoxy) is 2. The molecule has 1 saturated heterocycles. The van der Waals surface area contributed by atoms with Gasteiger partial charge < -0.3 is 14.8 Å². The molecule has 106 valence electrons. The van der Waals surface area contributed by atoms with Crippen molar-refractivity contribution in [2.24, 2.45) is 0 Å². The minimum Gasteiger partial charge on any atom is -0.472 e. The van der Waals surface area contributed by atoms with Crippen molar-refractivity contribution in [1.82, 2.24) is 15.2 Å². The van der Waals surface area contributed by atoms with E-state index in [1.807, 2.05) is 19.1 Å². The molecule has 1 atom stereocenters. The van der Waals surface area contributed by atoms with E-state index in [0.29, 0.717) is 19.0 Å². The molecule has 0 radical (unpaired) electrons. The van der Waals surface area contributed by atoms with Gasteiger partial charge in [0.2, 0.25) is 11.0 Å². The number of aryl methyl sites for hydroxylation is 1. The Morgan fingerprint density at radius 3 is 3.20 bits per heavy atom. The van der Waals surface area contributed by atoms with E-state index in [1.54, 1.807) is 17.5 Å². The molecule has 1 aliphatic heterocycles. The van der Waals surface area contributed by atoms with Crippen molar-refractivity contribution in [1.29, 1.82) is 0 Å². The van der Waals surface area contributed by atoms with Crippen LogP contribution in [0.15, 0.2) is 18.3 Å². The lowest BCUT2D eigenvalue weighted by molar-refractivity contribution is 0.138. The molecule has 0 spiro atoms. The van der Waals surface area contributed by atoms with Crippen LogP contribution < -0.4 is 10.1 Å². The Labute approximate surface area is 121 Å². The van der Waals surface area contributed by atoms with Gasteiger partial charge in [0.25, 0.3) is 0 Å². The smallest absolute Gasteiger partial charge is 0.213 e. The van der Waals surface area contributed by atoms with Gasteiger partial charge in [0, 0.05) is 25.2 Å². The Morgan fingerprint density at radius 2 is 2.45 bits per heavy atom. The van der Waals surface area contributed by atoms with E-state index in [9.17, 15) is 0 Å². The summed E-state index contributed by atoms with van der Waals surface area (Å²) >= 11 is 1.54. The summed E-state index contributed by atoms with van der Waals surface area (Å²) in [6, 6.07) is 3.90. The summed E-state index contributed by atoms with van der Waals surface area (Å²) in [7, 11) is 0. The molecule has 1 fully saturated rings. The van der Waals surface area contributed by atoms with Crippen molar-refractivity contribution >= 4 is 16.5 Å². The highest BCUT2D eigenvalue weighted by Gasteiger charge is 2.17. The molecule has 2 aromatic rings. The maximum Gasteiger partial charge on any atom is 0.213 e. The van der Waals surface area contributed by atoms with E-state index in [0.717, 1.165) is 28.7 Å². The average Bonchev–Trinajstić information content (AvgIpc) is 3.09. The van der Waals surface area contributed by atoms with Gasteiger partial charge in [-0.3, -0.25) is 0 Å². The van der Waals surface area contributed by atoms with Gasteiger partial charge in [0.1, 0.15) is 11.1 Å². The maximum atomic E-state index is 5.78. The van der Waals surface area contributed by atoms with Crippen molar-refractivity contribution in [2.75, 3.05) is 18.5 Å². The maximum absolute atomic E-state index is 5.78. The number of nitrogens with zero attached hydrogens (tertiary/aromatic N) is 3. The monoisotopic (exact) mass is 292 g/mol. The molecule has 7 heteroatoms. The first-order chi connectivity index (χ1) is 9.79. The normalized spacial score (nSPS) is 18.1. The Kier molecular flexibility index (Phi) is 4.08. The summed E-state index contributed by atoms with van der Waals surface area (Å²) in [5, 5.41) is 13.0. The number of nitrogens with one attached hydrogen (secondary N) is 1. The average molecular weight is 292 g/mol. The van der Waals surface area contributed by atoms with Crippen LogP contribution in [-0.4, -0.2) is 34.5 Å². The molecule has 6 nitrogen and oxygen atoms in total. The van der Waals surface area contributed by atoms with Crippen LogP contribution in [0, 0.1) is 6.92 Å². The first-order valence-corrected chi connectivity index (χ1v) is 7.34. The zero-order chi connectivity index (χ0) is 13.8. The van der Waals surface area contributed by atoms with Crippen molar-refractivity contribution < 1.29 is 9.47 Å². The largest absolute Gasteiger partial charge is 0.472 e. The van der Waals surface area contributed by atoms with Crippen molar-refractivity contribution in [3.63, 3.8) is 0 Å². The number of hydrogen-bond donors (Lipinski definition) is 1. The standard InChI is InChI=1S/C13H16N4O2S/c1-9-16-17-13(20-9)15-7-10-2-4-14-12(6-10)19-11-3-5-18-8-11/h2,4,6,11H,3,5,7-8H2,1H3,(H,15,17). The number of rotatable bonds is 5. The third kappa shape index (κ3) is 3.43. The second-order valence-electron chi connectivity index (χ2n) is 4.59. The predicted molar refractivity (Wildman–Crippen MR) is 76.1 cm³/mol. The third-order valence-electron chi connectivity index (χ3n) is 2.94. The van der Waals surface area contributed by atoms with E-state index in [1.165, 1.54) is 0 Å². The molecule has 1 unspecified atom stereocenters. The molecular formula is C13H16N4O2S. The molecule has 0 amide bonds. The number of anilines is 1. The zero-order valence-electron chi connectivity index (χ0n) is 11.2. The van der Waals surface area contributed by atoms with E-state index < -0.39 is 0 Å². The molecule has 20 heavy (non-hydrogen) atoms. The molecule has 0 aromatic carbocycles. The molecule has 0 bridgehead atoms. The van der Waals surface area contributed by atoms with Crippen LogP contribution in [-0.2, 0) is 11.3 Å². The summed E-state index contributed by atoms with van der Waals surface area (Å²) in [6.07, 6.45) is 2.80. The molecule has 2 aromatic heterocycles. The van der Waals surface area contributed by atoms with Gasteiger partial charge >= 0.3 is 0 Å². The van der Waals surface area contributed by atoms with Crippen LogP contribution in [0.3, 0.4) is 0 Å². The first kappa shape index (κ1) is 13.3. The summed E-state index contributed by atoms with van der Waals surface area (Å²) < 4.78 is 11.1. The Morgan fingerprint density at radius 1 is 1.50 bits per heavy atom. The fraction of sp³-hybridized carbons (Fsp3) is 0.462. The van der Waals surface area contributed by atoms with Crippen LogP contribution in [0.5, 0.6) is 5.88 Å². The molecule has 0 aliphatic carbocycles. The Balaban J connectivity index is 1.58. The van der Waals surface area contributed by atoms with Gasteiger partial charge in [-0.05, 0) is 18.6 Å². The third-order valence-corrected chi connectivity index (χ3v) is 3.74. The summed E-state index contributed by atoms with van der Waals surface area (Å²) in [6.45, 7) is 4.02. The lowest BCUT2D eigenvalue weighted by atomic mass is 10.2. The first-order valence-electron chi connectivity index (χ1n) is 6.53. The van der Waals surface area contributed by atoms with Gasteiger partial charge in [-0.1, -0.05) is 11.3 Å². The van der Waals surface area contributed by atoms with Crippen LogP contribution in [0.4, 0.5) is 5.13 Å². The second kappa shape index (κ2) is 6.15. The van der Waals surface area contributed by atoms with Gasteiger partial charge in [0.05, 0.1) is 13.2 Å². The van der Waals surface area contributed by atoms with Crippen LogP contribution in [0.2, 0.25) is 0 Å². The summed E-state index contributed by atoms with van der Waals surface area (Å²) in [4.78, 5) is 4.23. The predicted octanol–water partition coefficient (Wildman–Crippen LogP) is 2.02. The van der Waals surface area contributed by atoms with Crippen LogP contribution in [0.1, 0.15) is 17.0 Å². The van der Waals surface area contributed by atoms with Gasteiger partial charge in [-0.2, -0.15) is 0 Å². The van der Waals surface area contributed by atoms with Crippen molar-refractivity contribution in [2.45, 2.75) is 26.0 Å². The zero-order valence-corrected chi connectivity index (χ0v) is 12.0. The van der Waals surface area contributed by atoms with Crippen molar-refractivity contribution in [3.8, 4) is 5.88 Å². The van der Waals surface area contributed by atoms with Gasteiger partial charge in [-0.25, -0.2) is 4.98 Å². The highest BCUT2D eigenvalue weighted by molar-refractivity contribution is 7.15. The highest BCUT2D eigenvalue weighted by atomic mass is 32.1. The second-order valence-corrected chi connectivity index (χ2v) is 5.77. The Hall–Kier alpha value is -1.73. The lowest BCUT2D eigenvalue weighted by Gasteiger charge is -2.11. The highest BCUT2D eigenvalue weighted by Crippen LogP contribution is 2.18. The van der Waals surface area contributed by atoms with E-state index in [-0.39, 0.29) is 6.10 Å². The van der Waals surface area contributed by atoms with Crippen molar-refractivity contribution in [3.05, 3.63) is 28.9 Å². The van der Waals surface area contributed by atoms with Crippen LogP contribution >= 0.6 is 11.3 Å². The molecule has 0 saturated carbocycles. The Bertz CT molecular complexity index is 569. The van der Waals surface area contributed by atoms with Crippen LogP contribution in [0.25, 0.3) is 0 Å². The summed E-state index contributed by atoms with van der Waals surface area (Å²) in [5.41, 5.74) is 1.10. The molecule has 3 rings (SSSR count). The molecule has 1 N–H and O–H groups in total. The van der Waals surface area contributed by atoms with E-state index in [4.69, 9.17) is 9.47 Å². The SMILES string of the molecule is Cc1nnc(NCc2ccnc(OC3CCOC3)c2)s1. The quantitative estimate of drug-likeness (QED) is 0.909. The molecule has 3 heterocycles. The molecular weight excluding hydrogens is 276 g/mol. The molecule has 1 aliphatic rings. The fourth-order valence-corrected chi connectivity index (χ4v) is 2.53. The fourth-order valence-electron chi connectivity index (χ4n) is 1.95. The number of hydrogen-bond acceptors (Lipinski definition) is 7. The van der Waals surface area contributed by atoms with E-state index >= 15 is 0 Å². The van der Waals surface area contributed by atoms with Gasteiger partial charge in [-0.15, -0.1) is 10.2 Å². The number of aromatic nitrogens is 3. The topological polar surface area (TPSA) is 69.2 Å².